The molecular weight excluding hydrogens is 270 g/mol. The smallest absolute Gasteiger partial charge is 0.272 e. The number of carbonyl (C=O) groups excluding carboxylic acids is 1. The van der Waals surface area contributed by atoms with Gasteiger partial charge in [-0.15, -0.1) is 11.8 Å². The first-order chi connectivity index (χ1) is 9.51. The maximum atomic E-state index is 12.3. The summed E-state index contributed by atoms with van der Waals surface area (Å²) in [6.45, 7) is 4.03. The third-order valence-electron chi connectivity index (χ3n) is 3.01. The van der Waals surface area contributed by atoms with Crippen molar-refractivity contribution in [3.63, 3.8) is 0 Å². The molecular formula is C15H19N3OS. The van der Waals surface area contributed by atoms with E-state index in [4.69, 9.17) is 5.73 Å². The number of nitrogens with zero attached hydrogens (tertiary/aromatic N) is 1. The van der Waals surface area contributed by atoms with Crippen LogP contribution in [0, 0.1) is 0 Å². The number of amides is 1. The number of nitrogen functional groups attached to an aromatic ring is 1. The highest BCUT2D eigenvalue weighted by Gasteiger charge is 2.14. The molecule has 5 heteroatoms. The van der Waals surface area contributed by atoms with Gasteiger partial charge in [-0.3, -0.25) is 4.79 Å². The van der Waals surface area contributed by atoms with Crippen molar-refractivity contribution < 1.29 is 4.79 Å². The molecule has 0 radical (unpaired) electrons. The predicted octanol–water partition coefficient (Wildman–Crippen LogP) is 3.63. The second kappa shape index (κ2) is 6.05. The van der Waals surface area contributed by atoms with Crippen molar-refractivity contribution in [2.45, 2.75) is 24.8 Å². The second-order valence-corrected chi connectivity index (χ2v) is 5.72. The van der Waals surface area contributed by atoms with E-state index >= 15 is 0 Å². The molecule has 0 aliphatic rings. The van der Waals surface area contributed by atoms with Crippen LogP contribution in [0.5, 0.6) is 0 Å². The number of nitrogens with one attached hydrogen (secondary N) is 1. The van der Waals surface area contributed by atoms with E-state index in [0.717, 1.165) is 10.6 Å². The molecule has 0 atom stereocenters. The van der Waals surface area contributed by atoms with Gasteiger partial charge in [-0.1, -0.05) is 0 Å². The Bertz CT molecular complexity index is 602. The van der Waals surface area contributed by atoms with Crippen LogP contribution in [-0.4, -0.2) is 16.7 Å². The molecule has 4 nitrogen and oxygen atoms in total. The molecule has 0 spiro atoms. The molecule has 0 aliphatic heterocycles. The predicted molar refractivity (Wildman–Crippen MR) is 85.4 cm³/mol. The van der Waals surface area contributed by atoms with Crippen molar-refractivity contribution in [3.05, 3.63) is 42.2 Å². The van der Waals surface area contributed by atoms with Gasteiger partial charge in [0.2, 0.25) is 0 Å². The van der Waals surface area contributed by atoms with Crippen LogP contribution < -0.4 is 11.1 Å². The number of benzene rings is 1. The molecule has 3 N–H and O–H groups in total. The van der Waals surface area contributed by atoms with E-state index in [-0.39, 0.29) is 11.9 Å². The first-order valence-corrected chi connectivity index (χ1v) is 7.66. The first kappa shape index (κ1) is 14.5. The maximum Gasteiger partial charge on any atom is 0.272 e. The largest absolute Gasteiger partial charge is 0.397 e. The van der Waals surface area contributed by atoms with Crippen LogP contribution in [0.2, 0.25) is 0 Å². The van der Waals surface area contributed by atoms with E-state index in [1.54, 1.807) is 24.0 Å². The number of hydrogen-bond acceptors (Lipinski definition) is 3. The normalized spacial score (nSPS) is 10.8. The fraction of sp³-hybridized carbons (Fsp3) is 0.267. The molecule has 20 heavy (non-hydrogen) atoms. The van der Waals surface area contributed by atoms with E-state index < -0.39 is 0 Å². The van der Waals surface area contributed by atoms with Crippen LogP contribution >= 0.6 is 11.8 Å². The zero-order chi connectivity index (χ0) is 14.7. The Hall–Kier alpha value is -1.88. The summed E-state index contributed by atoms with van der Waals surface area (Å²) in [6, 6.07) is 9.65. The average molecular weight is 289 g/mol. The van der Waals surface area contributed by atoms with Gasteiger partial charge in [0, 0.05) is 22.8 Å². The maximum absolute atomic E-state index is 12.3. The van der Waals surface area contributed by atoms with E-state index in [1.807, 2.05) is 48.9 Å². The zero-order valence-electron chi connectivity index (χ0n) is 11.9. The Morgan fingerprint density at radius 2 is 1.95 bits per heavy atom. The summed E-state index contributed by atoms with van der Waals surface area (Å²) in [5, 5.41) is 2.89. The van der Waals surface area contributed by atoms with Crippen molar-refractivity contribution in [3.8, 4) is 0 Å². The number of carbonyl (C=O) groups is 1. The molecule has 0 saturated carbocycles. The molecule has 2 rings (SSSR count). The van der Waals surface area contributed by atoms with E-state index in [0.29, 0.717) is 11.4 Å². The topological polar surface area (TPSA) is 60.1 Å². The van der Waals surface area contributed by atoms with Crippen molar-refractivity contribution in [1.29, 1.82) is 0 Å². The number of anilines is 2. The fourth-order valence-corrected chi connectivity index (χ4v) is 2.39. The van der Waals surface area contributed by atoms with Crippen LogP contribution in [0.15, 0.2) is 41.4 Å². The van der Waals surface area contributed by atoms with Gasteiger partial charge in [0.1, 0.15) is 5.69 Å². The van der Waals surface area contributed by atoms with Gasteiger partial charge in [0.15, 0.2) is 0 Å². The molecule has 0 fully saturated rings. The lowest BCUT2D eigenvalue weighted by Gasteiger charge is -2.12. The van der Waals surface area contributed by atoms with Crippen molar-refractivity contribution in [2.24, 2.45) is 0 Å². The van der Waals surface area contributed by atoms with E-state index in [2.05, 4.69) is 5.32 Å². The Balaban J connectivity index is 2.19. The van der Waals surface area contributed by atoms with Crippen molar-refractivity contribution >= 4 is 29.0 Å². The van der Waals surface area contributed by atoms with Crippen LogP contribution in [0.1, 0.15) is 30.4 Å². The minimum Gasteiger partial charge on any atom is -0.397 e. The average Bonchev–Trinajstić information content (AvgIpc) is 2.82. The van der Waals surface area contributed by atoms with Crippen LogP contribution in [0.3, 0.4) is 0 Å². The fourth-order valence-electron chi connectivity index (χ4n) is 1.98. The molecule has 0 unspecified atom stereocenters. The van der Waals surface area contributed by atoms with Crippen molar-refractivity contribution in [1.82, 2.24) is 4.57 Å². The standard InChI is InChI=1S/C15H19N3OS/c1-10(2)18-9-11(16)8-14(18)15(19)17-12-4-6-13(20-3)7-5-12/h4-10H,16H2,1-3H3,(H,17,19). The van der Waals surface area contributed by atoms with Gasteiger partial charge < -0.3 is 15.6 Å². The first-order valence-electron chi connectivity index (χ1n) is 6.44. The van der Waals surface area contributed by atoms with Gasteiger partial charge in [-0.2, -0.15) is 0 Å². The number of aromatic nitrogens is 1. The SMILES string of the molecule is CSc1ccc(NC(=O)c2cc(N)cn2C(C)C)cc1. The van der Waals surface area contributed by atoms with Gasteiger partial charge in [-0.25, -0.2) is 0 Å². The van der Waals surface area contributed by atoms with Crippen LogP contribution in [0.25, 0.3) is 0 Å². The highest BCUT2D eigenvalue weighted by Crippen LogP contribution is 2.20. The number of thioether (sulfide) groups is 1. The van der Waals surface area contributed by atoms with Crippen molar-refractivity contribution in [2.75, 3.05) is 17.3 Å². The van der Waals surface area contributed by atoms with Crippen LogP contribution in [0.4, 0.5) is 11.4 Å². The second-order valence-electron chi connectivity index (χ2n) is 4.84. The number of nitrogens with two attached hydrogens (primary N) is 1. The Morgan fingerprint density at radius 1 is 1.30 bits per heavy atom. The zero-order valence-corrected chi connectivity index (χ0v) is 12.7. The minimum atomic E-state index is -0.146. The molecule has 0 bridgehead atoms. The van der Waals surface area contributed by atoms with Gasteiger partial charge in [0.05, 0.1) is 5.69 Å². The monoisotopic (exact) mass is 289 g/mol. The molecule has 1 heterocycles. The summed E-state index contributed by atoms with van der Waals surface area (Å²) in [5.41, 5.74) is 7.74. The van der Waals surface area contributed by atoms with Gasteiger partial charge in [-0.05, 0) is 50.4 Å². The molecule has 1 aromatic heterocycles. The number of rotatable bonds is 4. The molecule has 0 aliphatic carbocycles. The van der Waals surface area contributed by atoms with E-state index in [9.17, 15) is 4.79 Å². The summed E-state index contributed by atoms with van der Waals surface area (Å²) >= 11 is 1.67. The summed E-state index contributed by atoms with van der Waals surface area (Å²) in [5.74, 6) is -0.146. The van der Waals surface area contributed by atoms with Gasteiger partial charge in [0.25, 0.3) is 5.91 Å². The Morgan fingerprint density at radius 3 is 2.50 bits per heavy atom. The summed E-state index contributed by atoms with van der Waals surface area (Å²) in [6.07, 6.45) is 3.81. The highest BCUT2D eigenvalue weighted by atomic mass is 32.2. The van der Waals surface area contributed by atoms with Gasteiger partial charge >= 0.3 is 0 Å². The quantitative estimate of drug-likeness (QED) is 0.845. The molecule has 106 valence electrons. The lowest BCUT2D eigenvalue weighted by Crippen LogP contribution is -2.17. The summed E-state index contributed by atoms with van der Waals surface area (Å²) in [4.78, 5) is 13.5. The summed E-state index contributed by atoms with van der Waals surface area (Å²) in [7, 11) is 0. The Kier molecular flexibility index (Phi) is 4.39. The summed E-state index contributed by atoms with van der Waals surface area (Å²) < 4.78 is 1.88. The third kappa shape index (κ3) is 3.17. The third-order valence-corrected chi connectivity index (χ3v) is 3.75. The minimum absolute atomic E-state index is 0.146. The molecule has 2 aromatic rings. The molecule has 1 aromatic carbocycles. The molecule has 0 saturated heterocycles. The lowest BCUT2D eigenvalue weighted by atomic mass is 10.3. The van der Waals surface area contributed by atoms with Crippen LogP contribution in [-0.2, 0) is 0 Å². The highest BCUT2D eigenvalue weighted by molar-refractivity contribution is 7.98. The van der Waals surface area contributed by atoms with E-state index in [1.165, 1.54) is 0 Å². The Labute approximate surface area is 123 Å². The lowest BCUT2D eigenvalue weighted by molar-refractivity contribution is 0.101. The number of hydrogen-bond donors (Lipinski definition) is 2. The molecule has 1 amide bonds.